The minimum Gasteiger partial charge on any atom is -0.497 e. The van der Waals surface area contributed by atoms with Gasteiger partial charge in [0.1, 0.15) is 18.1 Å². The lowest BCUT2D eigenvalue weighted by Gasteiger charge is -2.14. The molecule has 0 saturated heterocycles. The number of benzene rings is 3. The van der Waals surface area contributed by atoms with E-state index in [-0.39, 0.29) is 22.1 Å². The lowest BCUT2D eigenvalue weighted by atomic mass is 10.1. The number of amides is 1. The van der Waals surface area contributed by atoms with Crippen LogP contribution in [0.3, 0.4) is 0 Å². The molecule has 0 heterocycles. The van der Waals surface area contributed by atoms with Gasteiger partial charge in [0.05, 0.1) is 18.4 Å². The van der Waals surface area contributed by atoms with Crippen molar-refractivity contribution in [3.8, 4) is 17.2 Å². The van der Waals surface area contributed by atoms with E-state index >= 15 is 0 Å². The first-order valence-corrected chi connectivity index (χ1v) is 9.82. The number of carbonyl (C=O) groups is 2. The SMILES string of the molecule is COc1ccc(/C=C/C(=O)CO)c(NC(=O)c2ccccc2Oc2ccc(Cl)cc2F)c1. The maximum atomic E-state index is 14.2. The quantitative estimate of drug-likeness (QED) is 0.461. The van der Waals surface area contributed by atoms with E-state index in [1.807, 2.05) is 0 Å². The van der Waals surface area contributed by atoms with Crippen LogP contribution in [0.15, 0.2) is 66.7 Å². The average Bonchev–Trinajstić information content (AvgIpc) is 2.80. The number of ether oxygens (including phenoxy) is 2. The second-order valence-electron chi connectivity index (χ2n) is 6.54. The molecular weight excluding hydrogens is 437 g/mol. The van der Waals surface area contributed by atoms with Gasteiger partial charge in [-0.2, -0.15) is 0 Å². The molecule has 0 aliphatic carbocycles. The number of hydrogen-bond acceptors (Lipinski definition) is 5. The molecular formula is C24H19ClFNO5. The highest BCUT2D eigenvalue weighted by molar-refractivity contribution is 6.30. The molecule has 164 valence electrons. The van der Waals surface area contributed by atoms with Crippen LogP contribution in [0.4, 0.5) is 10.1 Å². The highest BCUT2D eigenvalue weighted by Crippen LogP contribution is 2.30. The number of methoxy groups -OCH3 is 1. The van der Waals surface area contributed by atoms with Crippen molar-refractivity contribution in [2.45, 2.75) is 0 Å². The first-order chi connectivity index (χ1) is 15.4. The number of hydrogen-bond donors (Lipinski definition) is 2. The summed E-state index contributed by atoms with van der Waals surface area (Å²) in [5, 5.41) is 11.9. The Morgan fingerprint density at radius 3 is 2.59 bits per heavy atom. The summed E-state index contributed by atoms with van der Waals surface area (Å²) in [6.45, 7) is -0.625. The highest BCUT2D eigenvalue weighted by atomic mass is 35.5. The van der Waals surface area contributed by atoms with Gasteiger partial charge in [-0.15, -0.1) is 0 Å². The van der Waals surface area contributed by atoms with E-state index in [1.165, 1.54) is 43.5 Å². The topological polar surface area (TPSA) is 84.9 Å². The van der Waals surface area contributed by atoms with E-state index in [0.29, 0.717) is 17.0 Å². The second kappa shape index (κ2) is 10.6. The molecule has 32 heavy (non-hydrogen) atoms. The normalized spacial score (nSPS) is 10.8. The lowest BCUT2D eigenvalue weighted by Crippen LogP contribution is -2.14. The van der Waals surface area contributed by atoms with Crippen molar-refractivity contribution in [2.75, 3.05) is 19.0 Å². The van der Waals surface area contributed by atoms with Gasteiger partial charge in [0, 0.05) is 11.1 Å². The Morgan fingerprint density at radius 1 is 1.09 bits per heavy atom. The van der Waals surface area contributed by atoms with Gasteiger partial charge in [0.15, 0.2) is 17.3 Å². The maximum absolute atomic E-state index is 14.2. The summed E-state index contributed by atoms with van der Waals surface area (Å²) in [6.07, 6.45) is 2.68. The molecule has 0 aliphatic rings. The molecule has 8 heteroatoms. The number of aliphatic hydroxyl groups is 1. The Bertz CT molecular complexity index is 1180. The molecule has 3 aromatic carbocycles. The predicted octanol–water partition coefficient (Wildman–Crippen LogP) is 5.11. The average molecular weight is 456 g/mol. The molecule has 6 nitrogen and oxygen atoms in total. The molecule has 0 saturated carbocycles. The molecule has 3 aromatic rings. The summed E-state index contributed by atoms with van der Waals surface area (Å²) in [5.74, 6) is -1.13. The number of carbonyl (C=O) groups excluding carboxylic acids is 2. The van der Waals surface area contributed by atoms with Crippen molar-refractivity contribution >= 4 is 35.1 Å². The minimum atomic E-state index is -0.665. The smallest absolute Gasteiger partial charge is 0.259 e. The van der Waals surface area contributed by atoms with Crippen molar-refractivity contribution in [3.05, 3.63) is 88.7 Å². The summed E-state index contributed by atoms with van der Waals surface area (Å²) in [5.41, 5.74) is 1.04. The van der Waals surface area contributed by atoms with Crippen LogP contribution in [0.2, 0.25) is 5.02 Å². The third-order valence-corrected chi connectivity index (χ3v) is 4.59. The summed E-state index contributed by atoms with van der Waals surface area (Å²) in [6, 6.07) is 15.2. The molecule has 0 bridgehead atoms. The fourth-order valence-corrected chi connectivity index (χ4v) is 2.92. The number of ketones is 1. The van der Waals surface area contributed by atoms with E-state index in [9.17, 15) is 14.0 Å². The molecule has 2 N–H and O–H groups in total. The van der Waals surface area contributed by atoms with E-state index in [2.05, 4.69) is 5.32 Å². The van der Waals surface area contributed by atoms with Crippen LogP contribution in [0.25, 0.3) is 6.08 Å². The first-order valence-electron chi connectivity index (χ1n) is 9.44. The Kier molecular flexibility index (Phi) is 7.59. The molecule has 0 aromatic heterocycles. The fourth-order valence-electron chi connectivity index (χ4n) is 2.76. The molecule has 3 rings (SSSR count). The van der Waals surface area contributed by atoms with Gasteiger partial charge in [-0.1, -0.05) is 23.7 Å². The zero-order chi connectivity index (χ0) is 23.1. The predicted molar refractivity (Wildman–Crippen MR) is 120 cm³/mol. The van der Waals surface area contributed by atoms with Crippen molar-refractivity contribution in [1.82, 2.24) is 0 Å². The molecule has 1 amide bonds. The largest absolute Gasteiger partial charge is 0.497 e. The van der Waals surface area contributed by atoms with Gasteiger partial charge in [-0.25, -0.2) is 4.39 Å². The minimum absolute atomic E-state index is 0.0813. The van der Waals surface area contributed by atoms with E-state index in [1.54, 1.807) is 30.3 Å². The van der Waals surface area contributed by atoms with Crippen LogP contribution in [0.1, 0.15) is 15.9 Å². The monoisotopic (exact) mass is 455 g/mol. The Hall–Kier alpha value is -3.68. The van der Waals surface area contributed by atoms with Crippen molar-refractivity contribution in [1.29, 1.82) is 0 Å². The first kappa shape index (κ1) is 23.0. The van der Waals surface area contributed by atoms with E-state index in [0.717, 1.165) is 6.07 Å². The van der Waals surface area contributed by atoms with Crippen molar-refractivity contribution < 1.29 is 28.6 Å². The van der Waals surface area contributed by atoms with Crippen LogP contribution < -0.4 is 14.8 Å². The highest BCUT2D eigenvalue weighted by Gasteiger charge is 2.16. The van der Waals surface area contributed by atoms with Gasteiger partial charge in [0.2, 0.25) is 0 Å². The number of anilines is 1. The van der Waals surface area contributed by atoms with Crippen LogP contribution in [-0.2, 0) is 4.79 Å². The van der Waals surface area contributed by atoms with Crippen LogP contribution in [-0.4, -0.2) is 30.5 Å². The molecule has 0 radical (unpaired) electrons. The van der Waals surface area contributed by atoms with Crippen LogP contribution in [0.5, 0.6) is 17.2 Å². The Morgan fingerprint density at radius 2 is 1.88 bits per heavy atom. The van der Waals surface area contributed by atoms with Gasteiger partial charge < -0.3 is 19.9 Å². The molecule has 0 aliphatic heterocycles. The van der Waals surface area contributed by atoms with Crippen molar-refractivity contribution in [2.24, 2.45) is 0 Å². The molecule has 0 spiro atoms. The fraction of sp³-hybridized carbons (Fsp3) is 0.0833. The van der Waals surface area contributed by atoms with Gasteiger partial charge in [-0.05, 0) is 60.2 Å². The van der Waals surface area contributed by atoms with Crippen LogP contribution >= 0.6 is 11.6 Å². The third kappa shape index (κ3) is 5.72. The lowest BCUT2D eigenvalue weighted by molar-refractivity contribution is -0.117. The zero-order valence-corrected chi connectivity index (χ0v) is 17.7. The number of para-hydroxylation sites is 1. The number of nitrogens with one attached hydrogen (secondary N) is 1. The Balaban J connectivity index is 1.91. The molecule has 0 unspecified atom stereocenters. The number of halogens is 2. The van der Waals surface area contributed by atoms with Crippen molar-refractivity contribution in [3.63, 3.8) is 0 Å². The summed E-state index contributed by atoms with van der Waals surface area (Å²) in [4.78, 5) is 24.5. The van der Waals surface area contributed by atoms with E-state index in [4.69, 9.17) is 26.2 Å². The summed E-state index contributed by atoms with van der Waals surface area (Å²) < 4.78 is 25.0. The maximum Gasteiger partial charge on any atom is 0.259 e. The molecule has 0 fully saturated rings. The number of aliphatic hydroxyl groups excluding tert-OH is 1. The number of rotatable bonds is 8. The summed E-state index contributed by atoms with van der Waals surface area (Å²) >= 11 is 5.78. The standard InChI is InChI=1S/C24H19ClFNO5/c1-31-18-10-7-15(6-9-17(29)14-28)21(13-18)27-24(30)19-4-2-3-5-22(19)32-23-11-8-16(25)12-20(23)26/h2-13,28H,14H2,1H3,(H,27,30)/b9-6+. The van der Waals surface area contributed by atoms with Gasteiger partial charge in [0.25, 0.3) is 5.91 Å². The second-order valence-corrected chi connectivity index (χ2v) is 6.97. The van der Waals surface area contributed by atoms with Crippen LogP contribution in [0, 0.1) is 5.82 Å². The van der Waals surface area contributed by atoms with Gasteiger partial charge in [-0.3, -0.25) is 9.59 Å². The third-order valence-electron chi connectivity index (χ3n) is 4.36. The van der Waals surface area contributed by atoms with E-state index < -0.39 is 24.1 Å². The zero-order valence-electron chi connectivity index (χ0n) is 17.0. The summed E-state index contributed by atoms with van der Waals surface area (Å²) in [7, 11) is 1.48. The Labute approximate surface area is 188 Å². The molecule has 0 atom stereocenters. The van der Waals surface area contributed by atoms with Gasteiger partial charge >= 0.3 is 0 Å².